The number of para-hydroxylation sites is 2. The molecule has 0 unspecified atom stereocenters. The first-order valence-electron chi connectivity index (χ1n) is 9.85. The van der Waals surface area contributed by atoms with E-state index in [1.165, 1.54) is 11.1 Å². The quantitative estimate of drug-likeness (QED) is 0.687. The van der Waals surface area contributed by atoms with E-state index >= 15 is 0 Å². The highest BCUT2D eigenvalue weighted by atomic mass is 16.1. The Morgan fingerprint density at radius 3 is 2.37 bits per heavy atom. The Morgan fingerprint density at radius 2 is 1.70 bits per heavy atom. The van der Waals surface area contributed by atoms with Crippen LogP contribution in [-0.4, -0.2) is 33.3 Å². The molecule has 0 radical (unpaired) electrons. The van der Waals surface area contributed by atoms with Crippen LogP contribution in [0.4, 0.5) is 0 Å². The highest BCUT2D eigenvalue weighted by Gasteiger charge is 2.41. The number of Topliss-reactive ketones (excluding diaryl/α,β-unsaturated/α-hetero) is 1. The van der Waals surface area contributed by atoms with Crippen LogP contribution in [0.2, 0.25) is 0 Å². The molecule has 0 N–H and O–H groups in total. The molecule has 0 aliphatic carbocycles. The van der Waals surface area contributed by atoms with E-state index in [4.69, 9.17) is 4.98 Å². The molecule has 1 aliphatic heterocycles. The minimum absolute atomic E-state index is 0.321. The second-order valence-electron chi connectivity index (χ2n) is 7.58. The summed E-state index contributed by atoms with van der Waals surface area (Å²) in [5, 5.41) is 0. The van der Waals surface area contributed by atoms with Gasteiger partial charge in [0.15, 0.2) is 0 Å². The van der Waals surface area contributed by atoms with Crippen LogP contribution in [0.15, 0.2) is 54.6 Å². The zero-order chi connectivity index (χ0) is 18.9. The lowest BCUT2D eigenvalue weighted by Gasteiger charge is -2.41. The summed E-state index contributed by atoms with van der Waals surface area (Å²) in [7, 11) is 2.09. The number of fused-ring (bicyclic) bond motifs is 1. The topological polar surface area (TPSA) is 38.1 Å². The number of carbonyl (C=O) groups excluding carboxylic acids is 1. The lowest BCUT2D eigenvalue weighted by atomic mass is 9.69. The number of piperidine rings is 1. The van der Waals surface area contributed by atoms with Crippen LogP contribution in [0.1, 0.15) is 37.6 Å². The van der Waals surface area contributed by atoms with Crippen molar-refractivity contribution in [1.82, 2.24) is 14.5 Å². The number of imidazole rings is 1. The molecule has 0 amide bonds. The van der Waals surface area contributed by atoms with Crippen LogP contribution < -0.4 is 0 Å². The Bertz CT molecular complexity index is 937. The number of rotatable bonds is 5. The van der Waals surface area contributed by atoms with Gasteiger partial charge in [-0.2, -0.15) is 0 Å². The molecule has 3 aromatic rings. The standard InChI is InChI=1S/C23H27N3O/c1-3-21(27)23(18-9-5-4-6-10-18)13-15-26(16-14-23)17-22-24-19-11-7-8-12-20(19)25(22)2/h4-12H,3,13-17H2,1-2H3. The molecule has 0 saturated carbocycles. The summed E-state index contributed by atoms with van der Waals surface area (Å²) in [5.41, 5.74) is 3.08. The van der Waals surface area contributed by atoms with Crippen molar-refractivity contribution in [2.24, 2.45) is 7.05 Å². The van der Waals surface area contributed by atoms with Gasteiger partial charge in [-0.1, -0.05) is 49.4 Å². The SMILES string of the molecule is CCC(=O)C1(c2ccccc2)CCN(Cc2nc3ccccc3n2C)CC1. The zero-order valence-corrected chi connectivity index (χ0v) is 16.2. The molecule has 1 aromatic heterocycles. The van der Waals surface area contributed by atoms with E-state index in [0.717, 1.165) is 43.8 Å². The third-order valence-electron chi connectivity index (χ3n) is 6.14. The Balaban J connectivity index is 1.53. The molecule has 2 aromatic carbocycles. The fraction of sp³-hybridized carbons (Fsp3) is 0.391. The first kappa shape index (κ1) is 17.9. The van der Waals surface area contributed by atoms with Gasteiger partial charge in [0.1, 0.15) is 11.6 Å². The average Bonchev–Trinajstić information content (AvgIpc) is 3.04. The Morgan fingerprint density at radius 1 is 1.04 bits per heavy atom. The van der Waals surface area contributed by atoms with E-state index in [-0.39, 0.29) is 5.41 Å². The first-order valence-corrected chi connectivity index (χ1v) is 9.85. The summed E-state index contributed by atoms with van der Waals surface area (Å²) in [6.45, 7) is 4.66. The molecule has 27 heavy (non-hydrogen) atoms. The van der Waals surface area contributed by atoms with Crippen molar-refractivity contribution in [3.8, 4) is 0 Å². The molecule has 4 nitrogen and oxygen atoms in total. The first-order chi connectivity index (χ1) is 13.1. The van der Waals surface area contributed by atoms with Gasteiger partial charge in [-0.3, -0.25) is 9.69 Å². The molecule has 1 aliphatic rings. The van der Waals surface area contributed by atoms with Gasteiger partial charge in [0.05, 0.1) is 23.0 Å². The minimum Gasteiger partial charge on any atom is -0.330 e. The summed E-state index contributed by atoms with van der Waals surface area (Å²) >= 11 is 0. The maximum absolute atomic E-state index is 12.9. The predicted octanol–water partition coefficient (Wildman–Crippen LogP) is 4.09. The van der Waals surface area contributed by atoms with Crippen LogP contribution in [0.5, 0.6) is 0 Å². The number of nitrogens with zero attached hydrogens (tertiary/aromatic N) is 3. The fourth-order valence-corrected chi connectivity index (χ4v) is 4.45. The number of likely N-dealkylation sites (tertiary alicyclic amines) is 1. The number of ketones is 1. The van der Waals surface area contributed by atoms with Gasteiger partial charge in [0.25, 0.3) is 0 Å². The maximum atomic E-state index is 12.9. The third kappa shape index (κ3) is 3.19. The molecule has 1 saturated heterocycles. The van der Waals surface area contributed by atoms with E-state index in [9.17, 15) is 4.79 Å². The smallest absolute Gasteiger partial charge is 0.143 e. The molecule has 140 valence electrons. The maximum Gasteiger partial charge on any atom is 0.143 e. The number of hydrogen-bond acceptors (Lipinski definition) is 3. The van der Waals surface area contributed by atoms with Crippen molar-refractivity contribution in [3.63, 3.8) is 0 Å². The second kappa shape index (κ2) is 7.28. The van der Waals surface area contributed by atoms with E-state index < -0.39 is 0 Å². The lowest BCUT2D eigenvalue weighted by Crippen LogP contribution is -2.47. The normalized spacial score (nSPS) is 17.3. The van der Waals surface area contributed by atoms with Crippen LogP contribution in [0.3, 0.4) is 0 Å². The molecule has 4 rings (SSSR count). The summed E-state index contributed by atoms with van der Waals surface area (Å²) in [4.78, 5) is 20.1. The highest BCUT2D eigenvalue weighted by molar-refractivity contribution is 5.90. The van der Waals surface area contributed by atoms with Gasteiger partial charge in [-0.15, -0.1) is 0 Å². The van der Waals surface area contributed by atoms with Crippen molar-refractivity contribution < 1.29 is 4.79 Å². The van der Waals surface area contributed by atoms with E-state index in [2.05, 4.69) is 46.8 Å². The van der Waals surface area contributed by atoms with Crippen molar-refractivity contribution in [1.29, 1.82) is 0 Å². The molecular weight excluding hydrogens is 334 g/mol. The molecule has 0 bridgehead atoms. The lowest BCUT2D eigenvalue weighted by molar-refractivity contribution is -0.126. The van der Waals surface area contributed by atoms with Gasteiger partial charge in [-0.25, -0.2) is 4.98 Å². The molecular formula is C23H27N3O. The summed E-state index contributed by atoms with van der Waals surface area (Å²) in [5.74, 6) is 1.46. The zero-order valence-electron chi connectivity index (χ0n) is 16.2. The third-order valence-corrected chi connectivity index (χ3v) is 6.14. The Labute approximate surface area is 160 Å². The molecule has 0 spiro atoms. The second-order valence-corrected chi connectivity index (χ2v) is 7.58. The van der Waals surface area contributed by atoms with E-state index in [1.54, 1.807) is 0 Å². The van der Waals surface area contributed by atoms with Gasteiger partial charge in [-0.05, 0) is 43.6 Å². The summed E-state index contributed by atoms with van der Waals surface area (Å²) in [6.07, 6.45) is 2.36. The van der Waals surface area contributed by atoms with Crippen molar-refractivity contribution >= 4 is 16.8 Å². The van der Waals surface area contributed by atoms with Crippen molar-refractivity contribution in [3.05, 3.63) is 66.0 Å². The van der Waals surface area contributed by atoms with Crippen LogP contribution in [-0.2, 0) is 23.8 Å². The largest absolute Gasteiger partial charge is 0.330 e. The van der Waals surface area contributed by atoms with E-state index in [1.807, 2.05) is 31.2 Å². The molecule has 2 heterocycles. The number of benzene rings is 2. The van der Waals surface area contributed by atoms with Crippen LogP contribution in [0, 0.1) is 0 Å². The van der Waals surface area contributed by atoms with Gasteiger partial charge in [0, 0.05) is 13.5 Å². The fourth-order valence-electron chi connectivity index (χ4n) is 4.45. The number of aryl methyl sites for hydroxylation is 1. The number of aromatic nitrogens is 2. The Kier molecular flexibility index (Phi) is 4.83. The average molecular weight is 361 g/mol. The highest BCUT2D eigenvalue weighted by Crippen LogP contribution is 2.37. The number of hydrogen-bond donors (Lipinski definition) is 0. The van der Waals surface area contributed by atoms with Gasteiger partial charge in [0.2, 0.25) is 0 Å². The minimum atomic E-state index is -0.321. The molecule has 1 fully saturated rings. The molecule has 4 heteroatoms. The van der Waals surface area contributed by atoms with Crippen molar-refractivity contribution in [2.75, 3.05) is 13.1 Å². The van der Waals surface area contributed by atoms with Crippen LogP contribution in [0.25, 0.3) is 11.0 Å². The van der Waals surface area contributed by atoms with Crippen LogP contribution >= 0.6 is 0 Å². The predicted molar refractivity (Wildman–Crippen MR) is 109 cm³/mol. The van der Waals surface area contributed by atoms with Gasteiger partial charge >= 0.3 is 0 Å². The monoisotopic (exact) mass is 361 g/mol. The van der Waals surface area contributed by atoms with E-state index in [0.29, 0.717) is 12.2 Å². The number of carbonyl (C=O) groups is 1. The Hall–Kier alpha value is -2.46. The van der Waals surface area contributed by atoms with Gasteiger partial charge < -0.3 is 4.57 Å². The summed E-state index contributed by atoms with van der Waals surface area (Å²) in [6, 6.07) is 18.6. The summed E-state index contributed by atoms with van der Waals surface area (Å²) < 4.78 is 2.19. The van der Waals surface area contributed by atoms with Crippen molar-refractivity contribution in [2.45, 2.75) is 38.1 Å². The molecule has 0 atom stereocenters.